The van der Waals surface area contributed by atoms with Gasteiger partial charge in [0, 0.05) is 29.9 Å². The van der Waals surface area contributed by atoms with Gasteiger partial charge in [0.05, 0.1) is 0 Å². The SMILES string of the molecule is O=C(NCc1cccc(NC(=O)C2CCC2)c1)c1ccnc(C(=O)O)c1. The summed E-state index contributed by atoms with van der Waals surface area (Å²) in [7, 11) is 0. The number of carboxylic acid groups (broad SMARTS) is 1. The smallest absolute Gasteiger partial charge is 0.354 e. The van der Waals surface area contributed by atoms with Gasteiger partial charge in [-0.25, -0.2) is 9.78 Å². The van der Waals surface area contributed by atoms with Crippen LogP contribution in [0.25, 0.3) is 0 Å². The van der Waals surface area contributed by atoms with Crippen molar-refractivity contribution in [1.82, 2.24) is 10.3 Å². The Morgan fingerprint density at radius 1 is 1.15 bits per heavy atom. The Kier molecular flexibility index (Phi) is 5.26. The van der Waals surface area contributed by atoms with Crippen LogP contribution in [-0.2, 0) is 11.3 Å². The first-order valence-corrected chi connectivity index (χ1v) is 8.40. The molecule has 1 aromatic heterocycles. The summed E-state index contributed by atoms with van der Waals surface area (Å²) in [6.45, 7) is 0.261. The van der Waals surface area contributed by atoms with E-state index in [4.69, 9.17) is 5.11 Å². The molecule has 134 valence electrons. The van der Waals surface area contributed by atoms with Crippen molar-refractivity contribution in [2.75, 3.05) is 5.32 Å². The predicted octanol–water partition coefficient (Wildman–Crippen LogP) is 2.45. The van der Waals surface area contributed by atoms with E-state index >= 15 is 0 Å². The summed E-state index contributed by atoms with van der Waals surface area (Å²) >= 11 is 0. The first-order valence-electron chi connectivity index (χ1n) is 8.40. The number of nitrogens with one attached hydrogen (secondary N) is 2. The molecule has 3 N–H and O–H groups in total. The maximum absolute atomic E-state index is 12.2. The van der Waals surface area contributed by atoms with Gasteiger partial charge in [-0.15, -0.1) is 0 Å². The number of carboxylic acids is 1. The van der Waals surface area contributed by atoms with Crippen molar-refractivity contribution in [1.29, 1.82) is 0 Å². The van der Waals surface area contributed by atoms with Gasteiger partial charge in [-0.1, -0.05) is 18.6 Å². The third kappa shape index (κ3) is 4.24. The minimum Gasteiger partial charge on any atom is -0.477 e. The van der Waals surface area contributed by atoms with Crippen LogP contribution in [0.4, 0.5) is 5.69 Å². The molecule has 26 heavy (non-hydrogen) atoms. The normalized spacial score (nSPS) is 13.5. The van der Waals surface area contributed by atoms with Crippen LogP contribution in [0.1, 0.15) is 45.7 Å². The van der Waals surface area contributed by atoms with Crippen molar-refractivity contribution in [2.45, 2.75) is 25.8 Å². The van der Waals surface area contributed by atoms with Gasteiger partial charge in [0.15, 0.2) is 0 Å². The Morgan fingerprint density at radius 3 is 2.65 bits per heavy atom. The van der Waals surface area contributed by atoms with Gasteiger partial charge in [-0.05, 0) is 42.7 Å². The van der Waals surface area contributed by atoms with Crippen LogP contribution in [-0.4, -0.2) is 27.9 Å². The monoisotopic (exact) mass is 353 g/mol. The number of carbonyl (C=O) groups is 3. The number of aromatic nitrogens is 1. The molecule has 0 aliphatic heterocycles. The average Bonchev–Trinajstić information content (AvgIpc) is 2.58. The van der Waals surface area contributed by atoms with E-state index in [9.17, 15) is 14.4 Å². The fourth-order valence-corrected chi connectivity index (χ4v) is 2.65. The minimum absolute atomic E-state index is 0.0374. The van der Waals surface area contributed by atoms with E-state index in [0.29, 0.717) is 5.69 Å². The topological polar surface area (TPSA) is 108 Å². The molecule has 7 nitrogen and oxygen atoms in total. The molecule has 2 amide bonds. The fraction of sp³-hybridized carbons (Fsp3) is 0.263. The highest BCUT2D eigenvalue weighted by Crippen LogP contribution is 2.27. The summed E-state index contributed by atoms with van der Waals surface area (Å²) in [4.78, 5) is 38.8. The average molecular weight is 353 g/mol. The highest BCUT2D eigenvalue weighted by atomic mass is 16.4. The molecule has 1 fully saturated rings. The Labute approximate surface area is 150 Å². The number of hydrogen-bond acceptors (Lipinski definition) is 4. The van der Waals surface area contributed by atoms with Crippen LogP contribution in [0.5, 0.6) is 0 Å². The van der Waals surface area contributed by atoms with Crippen molar-refractivity contribution >= 4 is 23.5 Å². The molecule has 1 aliphatic carbocycles. The summed E-state index contributed by atoms with van der Waals surface area (Å²) in [5.74, 6) is -1.43. The lowest BCUT2D eigenvalue weighted by Crippen LogP contribution is -2.28. The molecule has 0 saturated heterocycles. The first kappa shape index (κ1) is 17.6. The maximum Gasteiger partial charge on any atom is 0.354 e. The zero-order chi connectivity index (χ0) is 18.5. The third-order valence-corrected chi connectivity index (χ3v) is 4.36. The van der Waals surface area contributed by atoms with Crippen LogP contribution >= 0.6 is 0 Å². The number of anilines is 1. The second-order valence-electron chi connectivity index (χ2n) is 6.24. The molecule has 0 bridgehead atoms. The lowest BCUT2D eigenvalue weighted by atomic mass is 9.85. The zero-order valence-corrected chi connectivity index (χ0v) is 14.1. The van der Waals surface area contributed by atoms with E-state index in [-0.39, 0.29) is 35.5 Å². The number of carbonyl (C=O) groups excluding carboxylic acids is 2. The van der Waals surface area contributed by atoms with Gasteiger partial charge in [0.1, 0.15) is 5.69 Å². The highest BCUT2D eigenvalue weighted by molar-refractivity contribution is 5.96. The summed E-state index contributed by atoms with van der Waals surface area (Å²) in [6.07, 6.45) is 4.26. The molecule has 1 heterocycles. The van der Waals surface area contributed by atoms with E-state index in [1.54, 1.807) is 0 Å². The van der Waals surface area contributed by atoms with Crippen LogP contribution in [0.15, 0.2) is 42.6 Å². The van der Waals surface area contributed by atoms with Crippen molar-refractivity contribution in [2.24, 2.45) is 5.92 Å². The van der Waals surface area contributed by atoms with Crippen molar-refractivity contribution in [3.05, 3.63) is 59.4 Å². The lowest BCUT2D eigenvalue weighted by Gasteiger charge is -2.24. The van der Waals surface area contributed by atoms with Crippen LogP contribution in [0.2, 0.25) is 0 Å². The Balaban J connectivity index is 1.59. The number of rotatable bonds is 6. The Hall–Kier alpha value is -3.22. The van der Waals surface area contributed by atoms with Crippen molar-refractivity contribution in [3.63, 3.8) is 0 Å². The van der Waals surface area contributed by atoms with Crippen molar-refractivity contribution < 1.29 is 19.5 Å². The fourth-order valence-electron chi connectivity index (χ4n) is 2.65. The van der Waals surface area contributed by atoms with Gasteiger partial charge in [-0.2, -0.15) is 0 Å². The summed E-state index contributed by atoms with van der Waals surface area (Å²) in [5.41, 5.74) is 1.58. The van der Waals surface area contributed by atoms with E-state index < -0.39 is 5.97 Å². The number of hydrogen-bond donors (Lipinski definition) is 3. The van der Waals surface area contributed by atoms with Crippen LogP contribution in [0.3, 0.4) is 0 Å². The molecular weight excluding hydrogens is 334 g/mol. The van der Waals surface area contributed by atoms with E-state index in [0.717, 1.165) is 24.8 Å². The maximum atomic E-state index is 12.2. The van der Waals surface area contributed by atoms with Crippen molar-refractivity contribution in [3.8, 4) is 0 Å². The molecule has 0 radical (unpaired) electrons. The molecule has 3 rings (SSSR count). The Bertz CT molecular complexity index is 846. The predicted molar refractivity (Wildman–Crippen MR) is 94.8 cm³/mol. The molecule has 1 aliphatic rings. The molecule has 0 atom stereocenters. The summed E-state index contributed by atoms with van der Waals surface area (Å²) in [5, 5.41) is 14.6. The second-order valence-corrected chi connectivity index (χ2v) is 6.24. The molecule has 0 unspecified atom stereocenters. The molecule has 1 saturated carbocycles. The largest absolute Gasteiger partial charge is 0.477 e. The molecule has 0 spiro atoms. The molecular formula is C19H19N3O4. The molecule has 1 aromatic carbocycles. The molecule has 7 heteroatoms. The number of nitrogens with zero attached hydrogens (tertiary/aromatic N) is 1. The lowest BCUT2D eigenvalue weighted by molar-refractivity contribution is -0.122. The second kappa shape index (κ2) is 7.77. The summed E-state index contributed by atoms with van der Waals surface area (Å²) in [6, 6.07) is 9.96. The molecule has 2 aromatic rings. The van der Waals surface area contributed by atoms with Gasteiger partial charge >= 0.3 is 5.97 Å². The highest BCUT2D eigenvalue weighted by Gasteiger charge is 2.25. The van der Waals surface area contributed by atoms with Gasteiger partial charge in [0.25, 0.3) is 5.91 Å². The quantitative estimate of drug-likeness (QED) is 0.739. The third-order valence-electron chi connectivity index (χ3n) is 4.36. The summed E-state index contributed by atoms with van der Waals surface area (Å²) < 4.78 is 0. The number of benzene rings is 1. The standard InChI is InChI=1S/C19H19N3O4/c23-17(14-7-8-20-16(10-14)19(25)26)21-11-12-3-1-6-15(9-12)22-18(24)13-4-2-5-13/h1,3,6-10,13H,2,4-5,11H2,(H,21,23)(H,22,24)(H,25,26). The number of aromatic carboxylic acids is 1. The van der Waals surface area contributed by atoms with E-state index in [2.05, 4.69) is 15.6 Å². The van der Waals surface area contributed by atoms with Gasteiger partial charge in [0.2, 0.25) is 5.91 Å². The first-order chi connectivity index (χ1) is 12.5. The van der Waals surface area contributed by atoms with Gasteiger partial charge < -0.3 is 15.7 Å². The van der Waals surface area contributed by atoms with E-state index in [1.807, 2.05) is 24.3 Å². The Morgan fingerprint density at radius 2 is 1.96 bits per heavy atom. The minimum atomic E-state index is -1.19. The van der Waals surface area contributed by atoms with Crippen LogP contribution in [0, 0.1) is 5.92 Å². The number of amides is 2. The number of pyridine rings is 1. The van der Waals surface area contributed by atoms with Gasteiger partial charge in [-0.3, -0.25) is 9.59 Å². The van der Waals surface area contributed by atoms with E-state index in [1.165, 1.54) is 18.3 Å². The van der Waals surface area contributed by atoms with Crippen LogP contribution < -0.4 is 10.6 Å². The zero-order valence-electron chi connectivity index (χ0n) is 14.1.